The number of nitrogens with zero attached hydrogens (tertiary/aromatic N) is 5. The molecule has 1 aliphatic carbocycles. The molecule has 6 rings (SSSR count). The number of fused-ring (bicyclic) bond motifs is 3. The first kappa shape index (κ1) is 23.1. The molecule has 3 aromatic heterocycles. The Hall–Kier alpha value is -3.30. The van der Waals surface area contributed by atoms with Crippen LogP contribution < -0.4 is 15.9 Å². The van der Waals surface area contributed by atoms with E-state index in [9.17, 15) is 4.79 Å². The number of benzene rings is 1. The molecule has 0 radical (unpaired) electrons. The number of methoxy groups -OCH3 is 1. The highest BCUT2D eigenvalue weighted by Crippen LogP contribution is 2.38. The summed E-state index contributed by atoms with van der Waals surface area (Å²) in [5, 5.41) is 4.11. The molecule has 1 saturated heterocycles. The first-order chi connectivity index (χ1) is 17.5. The van der Waals surface area contributed by atoms with Crippen LogP contribution in [0, 0.1) is 5.82 Å². The number of ether oxygens (including phenoxy) is 1. The van der Waals surface area contributed by atoms with Crippen LogP contribution in [0.1, 0.15) is 31.7 Å². The summed E-state index contributed by atoms with van der Waals surface area (Å²) in [6.07, 6.45) is 7.28. The predicted molar refractivity (Wildman–Crippen MR) is 139 cm³/mol. The van der Waals surface area contributed by atoms with Crippen LogP contribution in [0.4, 0.5) is 10.2 Å². The van der Waals surface area contributed by atoms with E-state index in [1.54, 1.807) is 31.1 Å². The van der Waals surface area contributed by atoms with Gasteiger partial charge in [0.2, 0.25) is 0 Å². The fourth-order valence-electron chi connectivity index (χ4n) is 5.68. The molecule has 188 valence electrons. The molecular formula is C27H31FN6O2. The third-order valence-corrected chi connectivity index (χ3v) is 8.06. The van der Waals surface area contributed by atoms with Crippen LogP contribution in [0.15, 0.2) is 41.5 Å². The SMILES string of the molecule is CNC1CCN(c2ccc(-c3cc4c(cc3F)ncc3c4n(C4CC(OC)C4)c(=O)n3C)cn2)CC1. The summed E-state index contributed by atoms with van der Waals surface area (Å²) in [6.45, 7) is 1.89. The van der Waals surface area contributed by atoms with E-state index in [1.165, 1.54) is 6.07 Å². The van der Waals surface area contributed by atoms with E-state index in [1.807, 2.05) is 29.8 Å². The maximum Gasteiger partial charge on any atom is 0.329 e. The van der Waals surface area contributed by atoms with Crippen molar-refractivity contribution in [2.45, 2.75) is 43.9 Å². The van der Waals surface area contributed by atoms with Gasteiger partial charge in [0.15, 0.2) is 0 Å². The predicted octanol–water partition coefficient (Wildman–Crippen LogP) is 3.63. The van der Waals surface area contributed by atoms with Crippen LogP contribution >= 0.6 is 0 Å². The number of hydrogen-bond donors (Lipinski definition) is 1. The van der Waals surface area contributed by atoms with Crippen LogP contribution in [-0.4, -0.2) is 58.5 Å². The van der Waals surface area contributed by atoms with E-state index >= 15 is 4.39 Å². The van der Waals surface area contributed by atoms with Crippen molar-refractivity contribution in [1.82, 2.24) is 24.4 Å². The molecule has 2 aliphatic rings. The second kappa shape index (κ2) is 8.97. The Morgan fingerprint density at radius 3 is 2.56 bits per heavy atom. The Bertz CT molecular complexity index is 1480. The molecule has 4 aromatic rings. The molecule has 1 N–H and O–H groups in total. The first-order valence-electron chi connectivity index (χ1n) is 12.6. The monoisotopic (exact) mass is 490 g/mol. The molecular weight excluding hydrogens is 459 g/mol. The maximum atomic E-state index is 15.3. The van der Waals surface area contributed by atoms with Crippen LogP contribution in [0.2, 0.25) is 0 Å². The molecule has 1 saturated carbocycles. The van der Waals surface area contributed by atoms with E-state index in [2.05, 4.69) is 20.2 Å². The molecule has 36 heavy (non-hydrogen) atoms. The summed E-state index contributed by atoms with van der Waals surface area (Å²) in [5.74, 6) is 0.555. The number of nitrogens with one attached hydrogen (secondary N) is 1. The lowest BCUT2D eigenvalue weighted by Crippen LogP contribution is -2.41. The van der Waals surface area contributed by atoms with Gasteiger partial charge in [-0.1, -0.05) is 0 Å². The number of aryl methyl sites for hydroxylation is 1. The number of anilines is 1. The van der Waals surface area contributed by atoms with Gasteiger partial charge in [0.25, 0.3) is 0 Å². The lowest BCUT2D eigenvalue weighted by molar-refractivity contribution is 0.00635. The molecule has 8 nitrogen and oxygen atoms in total. The zero-order valence-electron chi connectivity index (χ0n) is 20.9. The lowest BCUT2D eigenvalue weighted by Gasteiger charge is -2.34. The lowest BCUT2D eigenvalue weighted by atomic mass is 9.89. The van der Waals surface area contributed by atoms with E-state index in [-0.39, 0.29) is 23.7 Å². The number of piperidine rings is 1. The molecule has 0 unspecified atom stereocenters. The molecule has 2 fully saturated rings. The van der Waals surface area contributed by atoms with Crippen molar-refractivity contribution in [2.75, 3.05) is 32.1 Å². The molecule has 1 aromatic carbocycles. The summed E-state index contributed by atoms with van der Waals surface area (Å²) < 4.78 is 24.2. The van der Waals surface area contributed by atoms with Crippen LogP contribution in [-0.2, 0) is 11.8 Å². The molecule has 0 bridgehead atoms. The van der Waals surface area contributed by atoms with Crippen molar-refractivity contribution in [3.05, 3.63) is 53.0 Å². The molecule has 4 heterocycles. The van der Waals surface area contributed by atoms with Crippen LogP contribution in [0.3, 0.4) is 0 Å². The first-order valence-corrected chi connectivity index (χ1v) is 12.6. The Morgan fingerprint density at radius 2 is 1.89 bits per heavy atom. The van der Waals surface area contributed by atoms with Gasteiger partial charge in [-0.15, -0.1) is 0 Å². The third kappa shape index (κ3) is 3.69. The van der Waals surface area contributed by atoms with Gasteiger partial charge >= 0.3 is 5.69 Å². The summed E-state index contributed by atoms with van der Waals surface area (Å²) in [7, 11) is 5.46. The van der Waals surface area contributed by atoms with Gasteiger partial charge in [0.05, 0.1) is 28.9 Å². The quantitative estimate of drug-likeness (QED) is 0.461. The fraction of sp³-hybridized carbons (Fsp3) is 0.444. The number of pyridine rings is 2. The Labute approximate surface area is 208 Å². The Morgan fingerprint density at radius 1 is 1.11 bits per heavy atom. The van der Waals surface area contributed by atoms with Crippen LogP contribution in [0.25, 0.3) is 33.1 Å². The van der Waals surface area contributed by atoms with Gasteiger partial charge in [-0.05, 0) is 50.9 Å². The standard InChI is InChI=1S/C27H31FN6O2/c1-29-17-6-8-33(9-7-17)25-5-4-16(14-31-25)20-12-21-23(13-22(20)28)30-15-24-26(21)34(27(35)32(24)2)18-10-19(11-18)36-3/h4-5,12-15,17-19,29H,6-11H2,1-3H3. The van der Waals surface area contributed by atoms with E-state index in [4.69, 9.17) is 4.74 Å². The number of imidazole rings is 1. The zero-order valence-corrected chi connectivity index (χ0v) is 20.9. The third-order valence-electron chi connectivity index (χ3n) is 8.06. The average Bonchev–Trinajstić information content (AvgIpc) is 3.13. The summed E-state index contributed by atoms with van der Waals surface area (Å²) >= 11 is 0. The number of halogens is 1. The summed E-state index contributed by atoms with van der Waals surface area (Å²) in [5.41, 5.74) is 3.14. The number of hydrogen-bond acceptors (Lipinski definition) is 6. The highest BCUT2D eigenvalue weighted by Gasteiger charge is 2.34. The van der Waals surface area contributed by atoms with Gasteiger partial charge in [-0.25, -0.2) is 14.2 Å². The van der Waals surface area contributed by atoms with Gasteiger partial charge < -0.3 is 15.0 Å². The second-order valence-electron chi connectivity index (χ2n) is 9.99. The van der Waals surface area contributed by atoms with Gasteiger partial charge in [0, 0.05) is 68.1 Å². The van der Waals surface area contributed by atoms with Gasteiger partial charge in [0.1, 0.15) is 11.6 Å². The van der Waals surface area contributed by atoms with E-state index in [0.29, 0.717) is 22.7 Å². The summed E-state index contributed by atoms with van der Waals surface area (Å²) in [4.78, 5) is 24.6. The van der Waals surface area contributed by atoms with Crippen LogP contribution in [0.5, 0.6) is 0 Å². The molecule has 9 heteroatoms. The molecule has 0 spiro atoms. The summed E-state index contributed by atoms with van der Waals surface area (Å²) in [6, 6.07) is 7.78. The minimum absolute atomic E-state index is 0.0539. The average molecular weight is 491 g/mol. The van der Waals surface area contributed by atoms with Crippen molar-refractivity contribution < 1.29 is 9.13 Å². The molecule has 1 aliphatic heterocycles. The minimum Gasteiger partial charge on any atom is -0.381 e. The zero-order chi connectivity index (χ0) is 25.0. The Kier molecular flexibility index (Phi) is 5.76. The minimum atomic E-state index is -0.355. The Balaban J connectivity index is 1.41. The maximum absolute atomic E-state index is 15.3. The normalized spacial score (nSPS) is 20.8. The fourth-order valence-corrected chi connectivity index (χ4v) is 5.68. The van der Waals surface area contributed by atoms with E-state index < -0.39 is 0 Å². The number of aromatic nitrogens is 4. The highest BCUT2D eigenvalue weighted by atomic mass is 19.1. The van der Waals surface area contributed by atoms with Gasteiger partial charge in [-0.3, -0.25) is 14.1 Å². The van der Waals surface area contributed by atoms with Crippen molar-refractivity contribution in [3.8, 4) is 11.1 Å². The highest BCUT2D eigenvalue weighted by molar-refractivity contribution is 6.04. The second-order valence-corrected chi connectivity index (χ2v) is 9.99. The van der Waals surface area contributed by atoms with Gasteiger partial charge in [-0.2, -0.15) is 0 Å². The van der Waals surface area contributed by atoms with E-state index in [0.717, 1.165) is 61.0 Å². The number of rotatable bonds is 5. The smallest absolute Gasteiger partial charge is 0.329 e. The van der Waals surface area contributed by atoms with Crippen molar-refractivity contribution in [2.24, 2.45) is 7.05 Å². The van der Waals surface area contributed by atoms with Crippen molar-refractivity contribution in [3.63, 3.8) is 0 Å². The molecule has 0 atom stereocenters. The van der Waals surface area contributed by atoms with Crippen molar-refractivity contribution in [1.29, 1.82) is 0 Å². The largest absolute Gasteiger partial charge is 0.381 e. The molecule has 0 amide bonds. The van der Waals surface area contributed by atoms with Crippen molar-refractivity contribution >= 4 is 27.8 Å². The topological polar surface area (TPSA) is 77.2 Å².